The van der Waals surface area contributed by atoms with Crippen molar-refractivity contribution in [1.29, 1.82) is 0 Å². The van der Waals surface area contributed by atoms with Gasteiger partial charge in [0.05, 0.1) is 0 Å². The van der Waals surface area contributed by atoms with Crippen LogP contribution in [0.5, 0.6) is 0 Å². The van der Waals surface area contributed by atoms with Gasteiger partial charge in [-0.1, -0.05) is 0 Å². The molecule has 5 nitrogen and oxygen atoms in total. The Hall–Kier alpha value is -2.04. The molecule has 7 heteroatoms. The van der Waals surface area contributed by atoms with Gasteiger partial charge in [0.2, 0.25) is 0 Å². The second-order valence-corrected chi connectivity index (χ2v) is 6.07. The molecule has 0 aliphatic rings. The number of hydrogen-bond acceptors (Lipinski definition) is 4. The predicted octanol–water partition coefficient (Wildman–Crippen LogP) is 0.874. The van der Waals surface area contributed by atoms with Crippen molar-refractivity contribution < 1.29 is 19.2 Å². The predicted molar refractivity (Wildman–Crippen MR) is 84.8 cm³/mol. The van der Waals surface area contributed by atoms with E-state index in [1.165, 1.54) is 48.5 Å². The Morgan fingerprint density at radius 3 is 1.09 bits per heavy atom. The maximum absolute atomic E-state index is 12.0. The molecule has 2 aromatic carbocycles. The SMILES string of the molecule is O=C([Se])c1ccc(C(=O)NC(=O)c2ccc(C(=O)[Se])cc2)cc1. The summed E-state index contributed by atoms with van der Waals surface area (Å²) in [6, 6.07) is 11.8. The molecule has 0 fully saturated rings. The Morgan fingerprint density at radius 2 is 0.826 bits per heavy atom. The van der Waals surface area contributed by atoms with E-state index in [2.05, 4.69) is 37.3 Å². The molecule has 0 aromatic heterocycles. The van der Waals surface area contributed by atoms with E-state index in [4.69, 9.17) is 0 Å². The second-order valence-electron chi connectivity index (χ2n) is 4.51. The van der Waals surface area contributed by atoms with Gasteiger partial charge >= 0.3 is 148 Å². The summed E-state index contributed by atoms with van der Waals surface area (Å²) in [5.41, 5.74) is 1.39. The fourth-order valence-electron chi connectivity index (χ4n) is 1.76. The normalized spacial score (nSPS) is 9.91. The molecule has 0 aliphatic carbocycles. The fraction of sp³-hybridized carbons (Fsp3) is 0. The van der Waals surface area contributed by atoms with E-state index >= 15 is 0 Å². The van der Waals surface area contributed by atoms with Crippen LogP contribution in [0.2, 0.25) is 0 Å². The first-order valence-corrected chi connectivity index (χ1v) is 8.08. The number of carbonyl (C=O) groups is 4. The van der Waals surface area contributed by atoms with Crippen LogP contribution in [0.1, 0.15) is 41.4 Å². The van der Waals surface area contributed by atoms with Crippen molar-refractivity contribution in [1.82, 2.24) is 5.32 Å². The van der Waals surface area contributed by atoms with E-state index in [1.54, 1.807) is 0 Å². The molecule has 2 rings (SSSR count). The Balaban J connectivity index is 2.08. The summed E-state index contributed by atoms with van der Waals surface area (Å²) in [7, 11) is 0. The second kappa shape index (κ2) is 7.49. The van der Waals surface area contributed by atoms with E-state index in [9.17, 15) is 19.2 Å². The van der Waals surface area contributed by atoms with Crippen molar-refractivity contribution in [2.75, 3.05) is 0 Å². The zero-order valence-electron chi connectivity index (χ0n) is 11.6. The summed E-state index contributed by atoms with van der Waals surface area (Å²) in [6.07, 6.45) is 0. The van der Waals surface area contributed by atoms with Gasteiger partial charge < -0.3 is 0 Å². The van der Waals surface area contributed by atoms with Gasteiger partial charge in [-0.2, -0.15) is 0 Å². The number of imide groups is 1. The minimum atomic E-state index is -0.571. The average Bonchev–Trinajstić information content (AvgIpc) is 2.54. The van der Waals surface area contributed by atoms with Crippen molar-refractivity contribution in [3.05, 3.63) is 70.8 Å². The topological polar surface area (TPSA) is 80.3 Å². The Bertz CT molecular complexity index is 715. The summed E-state index contributed by atoms with van der Waals surface area (Å²) in [5.74, 6) is -1.14. The Morgan fingerprint density at radius 1 is 0.565 bits per heavy atom. The zero-order chi connectivity index (χ0) is 17.0. The van der Waals surface area contributed by atoms with Crippen LogP contribution in [0.3, 0.4) is 0 Å². The Kier molecular flexibility index (Phi) is 5.63. The molecule has 0 heterocycles. The van der Waals surface area contributed by atoms with E-state index < -0.39 is 11.8 Å². The van der Waals surface area contributed by atoms with Crippen LogP contribution in [-0.2, 0) is 0 Å². The van der Waals surface area contributed by atoms with E-state index in [1.807, 2.05) is 0 Å². The fourth-order valence-corrected chi connectivity index (χ4v) is 2.33. The van der Waals surface area contributed by atoms with Gasteiger partial charge in [0.1, 0.15) is 0 Å². The molecule has 2 aromatic rings. The minimum absolute atomic E-state index is 0.226. The molecule has 23 heavy (non-hydrogen) atoms. The third-order valence-corrected chi connectivity index (χ3v) is 3.98. The van der Waals surface area contributed by atoms with Crippen molar-refractivity contribution >= 4 is 53.2 Å². The first kappa shape index (κ1) is 17.3. The molecule has 0 spiro atoms. The van der Waals surface area contributed by atoms with Crippen LogP contribution in [-0.4, -0.2) is 53.2 Å². The summed E-state index contributed by atoms with van der Waals surface area (Å²) >= 11 is 4.70. The molecule has 0 aliphatic heterocycles. The van der Waals surface area contributed by atoms with Crippen LogP contribution >= 0.6 is 0 Å². The summed E-state index contributed by atoms with van der Waals surface area (Å²) < 4.78 is -0.452. The van der Waals surface area contributed by atoms with Crippen LogP contribution in [0.25, 0.3) is 0 Å². The molecule has 1 N–H and O–H groups in total. The van der Waals surface area contributed by atoms with Gasteiger partial charge in [0.25, 0.3) is 0 Å². The summed E-state index contributed by atoms with van der Waals surface area (Å²) in [4.78, 5) is 46.3. The molecular weight excluding hydrogens is 428 g/mol. The zero-order valence-corrected chi connectivity index (χ0v) is 15.0. The number of nitrogens with one attached hydrogen (secondary N) is 1. The number of rotatable bonds is 4. The third kappa shape index (κ3) is 4.47. The van der Waals surface area contributed by atoms with Gasteiger partial charge in [-0.3, -0.25) is 0 Å². The van der Waals surface area contributed by atoms with Crippen molar-refractivity contribution in [2.24, 2.45) is 0 Å². The first-order valence-electron chi connectivity index (χ1n) is 6.37. The average molecular weight is 437 g/mol. The van der Waals surface area contributed by atoms with Gasteiger partial charge in [-0.25, -0.2) is 0 Å². The monoisotopic (exact) mass is 439 g/mol. The maximum atomic E-state index is 12.0. The van der Waals surface area contributed by atoms with Gasteiger partial charge in [-0.15, -0.1) is 0 Å². The van der Waals surface area contributed by atoms with Gasteiger partial charge in [-0.05, 0) is 0 Å². The first-order chi connectivity index (χ1) is 10.9. The summed E-state index contributed by atoms with van der Waals surface area (Å²) in [5, 5.41) is 2.25. The molecule has 0 atom stereocenters. The number of carbonyl (C=O) groups excluding carboxylic acids is 4. The quantitative estimate of drug-likeness (QED) is 0.569. The molecule has 2 radical (unpaired) electrons. The Labute approximate surface area is 148 Å². The standard InChI is InChI=1S/C16H9NO4Se2/c18-13(9-1-5-11(6-2-9)15(20)22)17-14(19)10-3-7-12(8-4-10)16(21)23/h1-8H,(H,17,18,19). The number of hydrogen-bond donors (Lipinski definition) is 1. The van der Waals surface area contributed by atoms with Crippen LogP contribution in [0, 0.1) is 0 Å². The van der Waals surface area contributed by atoms with Crippen molar-refractivity contribution in [3.63, 3.8) is 0 Å². The van der Waals surface area contributed by atoms with Gasteiger partial charge in [0.15, 0.2) is 0 Å². The van der Waals surface area contributed by atoms with Crippen LogP contribution in [0.15, 0.2) is 48.5 Å². The molecule has 0 saturated carbocycles. The van der Waals surface area contributed by atoms with Crippen LogP contribution < -0.4 is 5.32 Å². The van der Waals surface area contributed by atoms with Crippen LogP contribution in [0.4, 0.5) is 0 Å². The van der Waals surface area contributed by atoms with E-state index in [0.29, 0.717) is 11.1 Å². The summed E-state index contributed by atoms with van der Waals surface area (Å²) in [6.45, 7) is 0. The molecule has 0 unspecified atom stereocenters. The van der Waals surface area contributed by atoms with Crippen molar-refractivity contribution in [2.45, 2.75) is 0 Å². The molecule has 2 amide bonds. The number of amides is 2. The number of benzene rings is 2. The molecule has 0 saturated heterocycles. The molecule has 114 valence electrons. The van der Waals surface area contributed by atoms with E-state index in [-0.39, 0.29) is 20.5 Å². The third-order valence-electron chi connectivity index (χ3n) is 2.99. The van der Waals surface area contributed by atoms with E-state index in [0.717, 1.165) is 0 Å². The van der Waals surface area contributed by atoms with Crippen molar-refractivity contribution in [3.8, 4) is 0 Å². The molecule has 0 bridgehead atoms. The van der Waals surface area contributed by atoms with Gasteiger partial charge in [0, 0.05) is 0 Å². The molecular formula is C16H9NO4Se2.